The quantitative estimate of drug-likeness (QED) is 0.0686. The van der Waals surface area contributed by atoms with Crippen molar-refractivity contribution < 1.29 is 33.6 Å². The molecule has 3 rings (SSSR count). The summed E-state index contributed by atoms with van der Waals surface area (Å²) in [6, 6.07) is 0.373. The highest BCUT2D eigenvalue weighted by atomic mass is 32.2. The molecule has 2 unspecified atom stereocenters. The first-order valence-corrected chi connectivity index (χ1v) is 15.8. The molecule has 12 nitrogen and oxygen atoms in total. The molecule has 3 heterocycles. The number of thioether (sulfide) groups is 1. The largest absolute Gasteiger partial charge is 0.356 e. The van der Waals surface area contributed by atoms with E-state index in [0.29, 0.717) is 55.5 Å². The number of hydroxylamine groups is 2. The lowest BCUT2D eigenvalue weighted by Crippen LogP contribution is -2.36. The summed E-state index contributed by atoms with van der Waals surface area (Å²) < 4.78 is 0. The van der Waals surface area contributed by atoms with Crippen LogP contribution < -0.4 is 21.3 Å². The summed E-state index contributed by atoms with van der Waals surface area (Å²) in [6.45, 7) is 1.12. The molecule has 0 spiro atoms. The van der Waals surface area contributed by atoms with Gasteiger partial charge in [-0.1, -0.05) is 19.3 Å². The molecule has 40 heavy (non-hydrogen) atoms. The van der Waals surface area contributed by atoms with Gasteiger partial charge in [-0.15, -0.1) is 5.06 Å². The van der Waals surface area contributed by atoms with Gasteiger partial charge in [0.15, 0.2) is 0 Å². The van der Waals surface area contributed by atoms with E-state index in [9.17, 15) is 28.8 Å². The normalized spacial score (nSPS) is 23.5. The van der Waals surface area contributed by atoms with Crippen molar-refractivity contribution in [2.24, 2.45) is 0 Å². The summed E-state index contributed by atoms with van der Waals surface area (Å²) in [5, 5.41) is 11.9. The number of nitrogens with zero attached hydrogens (tertiary/aromatic N) is 1. The fraction of sp³-hybridized carbons (Fsp3) is 0.769. The molecular formula is C26H41N5O7S2. The molecule has 0 radical (unpaired) electrons. The summed E-state index contributed by atoms with van der Waals surface area (Å²) in [7, 11) is 0. The van der Waals surface area contributed by atoms with Crippen molar-refractivity contribution in [3.8, 4) is 0 Å². The number of carbonyl (C=O) groups is 6. The van der Waals surface area contributed by atoms with Crippen molar-refractivity contribution in [2.45, 2.75) is 106 Å². The first-order chi connectivity index (χ1) is 19.2. The Bertz CT molecular complexity index is 937. The molecule has 3 fully saturated rings. The van der Waals surface area contributed by atoms with Crippen LogP contribution in [0.1, 0.15) is 83.5 Å². The van der Waals surface area contributed by atoms with Crippen LogP contribution in [0.25, 0.3) is 0 Å². The number of imide groups is 1. The molecule has 0 aromatic carbocycles. The molecule has 4 atom stereocenters. The zero-order valence-electron chi connectivity index (χ0n) is 22.8. The highest BCUT2D eigenvalue weighted by molar-refractivity contribution is 8.00. The SMILES string of the molecule is O=C(CCCCCNC(=O)CCCCC1SC[C@@H]2NC(=O)N[C@H]12)NCCCCCC(=O)ON1C(=O)CC(S)C1=O. The number of carbonyl (C=O) groups excluding carboxylic acids is 6. The number of amides is 6. The van der Waals surface area contributed by atoms with Crippen LogP contribution in [0.4, 0.5) is 4.79 Å². The molecule has 0 bridgehead atoms. The number of hydrogen-bond acceptors (Lipinski definition) is 9. The van der Waals surface area contributed by atoms with Crippen LogP contribution in [0.15, 0.2) is 0 Å². The van der Waals surface area contributed by atoms with Gasteiger partial charge < -0.3 is 26.1 Å². The Kier molecular flexibility index (Phi) is 13.4. The molecule has 14 heteroatoms. The van der Waals surface area contributed by atoms with Gasteiger partial charge in [0.05, 0.1) is 23.8 Å². The second-order valence-corrected chi connectivity index (χ2v) is 12.3. The predicted octanol–water partition coefficient (Wildman–Crippen LogP) is 1.58. The Balaban J connectivity index is 1.07. The van der Waals surface area contributed by atoms with Crippen LogP contribution in [0.2, 0.25) is 0 Å². The first kappa shape index (κ1) is 32.0. The van der Waals surface area contributed by atoms with Gasteiger partial charge in [-0.2, -0.15) is 24.4 Å². The molecule has 224 valence electrons. The van der Waals surface area contributed by atoms with Crippen molar-refractivity contribution in [1.82, 2.24) is 26.3 Å². The van der Waals surface area contributed by atoms with E-state index in [1.807, 2.05) is 11.8 Å². The summed E-state index contributed by atoms with van der Waals surface area (Å²) >= 11 is 5.86. The third kappa shape index (κ3) is 10.5. The number of thiol groups is 1. The van der Waals surface area contributed by atoms with Gasteiger partial charge in [0.25, 0.3) is 11.8 Å². The molecule has 6 amide bonds. The monoisotopic (exact) mass is 599 g/mol. The molecular weight excluding hydrogens is 558 g/mol. The molecule has 3 aliphatic heterocycles. The molecule has 0 aromatic rings. The lowest BCUT2D eigenvalue weighted by Gasteiger charge is -2.16. The van der Waals surface area contributed by atoms with Crippen LogP contribution in [0.5, 0.6) is 0 Å². The lowest BCUT2D eigenvalue weighted by atomic mass is 10.0. The van der Waals surface area contributed by atoms with Crippen LogP contribution in [0, 0.1) is 0 Å². The number of hydrogen-bond donors (Lipinski definition) is 5. The van der Waals surface area contributed by atoms with Gasteiger partial charge >= 0.3 is 12.0 Å². The fourth-order valence-electron chi connectivity index (χ4n) is 4.90. The zero-order valence-corrected chi connectivity index (χ0v) is 24.5. The zero-order chi connectivity index (χ0) is 28.9. The van der Waals surface area contributed by atoms with E-state index >= 15 is 0 Å². The second-order valence-electron chi connectivity index (χ2n) is 10.4. The topological polar surface area (TPSA) is 163 Å². The van der Waals surface area contributed by atoms with Gasteiger partial charge in [0.1, 0.15) is 0 Å². The van der Waals surface area contributed by atoms with Gasteiger partial charge in [0.2, 0.25) is 11.8 Å². The van der Waals surface area contributed by atoms with E-state index in [1.54, 1.807) is 0 Å². The van der Waals surface area contributed by atoms with Gasteiger partial charge in [-0.3, -0.25) is 19.2 Å². The molecule has 4 N–H and O–H groups in total. The number of rotatable bonds is 18. The van der Waals surface area contributed by atoms with E-state index in [2.05, 4.69) is 33.9 Å². The van der Waals surface area contributed by atoms with Crippen molar-refractivity contribution in [3.63, 3.8) is 0 Å². The maximum absolute atomic E-state index is 12.0. The Labute approximate surface area is 244 Å². The average molecular weight is 600 g/mol. The number of urea groups is 1. The van der Waals surface area contributed by atoms with Crippen molar-refractivity contribution >= 4 is 60.0 Å². The molecule has 0 aliphatic carbocycles. The molecule has 0 aromatic heterocycles. The van der Waals surface area contributed by atoms with Crippen LogP contribution >= 0.6 is 24.4 Å². The van der Waals surface area contributed by atoms with Gasteiger partial charge in [0, 0.05) is 43.4 Å². The third-order valence-electron chi connectivity index (χ3n) is 7.14. The number of unbranched alkanes of at least 4 members (excludes halogenated alkanes) is 5. The fourth-order valence-corrected chi connectivity index (χ4v) is 6.71. The summed E-state index contributed by atoms with van der Waals surface area (Å²) in [6.07, 6.45) is 8.11. The van der Waals surface area contributed by atoms with E-state index in [1.165, 1.54) is 0 Å². The van der Waals surface area contributed by atoms with Crippen LogP contribution in [-0.2, 0) is 28.8 Å². The maximum Gasteiger partial charge on any atom is 0.333 e. The standard InChI is InChI=1S/C26H41N5O7S2/c32-20(27-14-8-2-4-12-23(35)38-31-22(34)15-18(39)25(31)36)10-3-1-7-13-28-21(33)11-6-5-9-19-24-17(16-40-19)29-26(37)30-24/h17-19,24,39H,1-16H2,(H,27,32)(H,28,33)(H2,29,30,37)/t17-,18?,19?,24-/m0/s1. The van der Waals surface area contributed by atoms with E-state index in [0.717, 1.165) is 44.3 Å². The van der Waals surface area contributed by atoms with Crippen molar-refractivity contribution in [1.29, 1.82) is 0 Å². The minimum absolute atomic E-state index is 0.0180. The van der Waals surface area contributed by atoms with E-state index in [4.69, 9.17) is 4.84 Å². The van der Waals surface area contributed by atoms with Crippen molar-refractivity contribution in [3.05, 3.63) is 0 Å². The van der Waals surface area contributed by atoms with E-state index in [-0.39, 0.29) is 42.8 Å². The Hall–Kier alpha value is -2.48. The maximum atomic E-state index is 12.0. The minimum Gasteiger partial charge on any atom is -0.356 e. The molecule has 3 aliphatic rings. The van der Waals surface area contributed by atoms with Gasteiger partial charge in [-0.25, -0.2) is 9.59 Å². The van der Waals surface area contributed by atoms with Gasteiger partial charge in [-0.05, 0) is 38.5 Å². The highest BCUT2D eigenvalue weighted by Gasteiger charge is 2.42. The van der Waals surface area contributed by atoms with Crippen LogP contribution in [-0.4, -0.2) is 82.1 Å². The second kappa shape index (κ2) is 16.7. The lowest BCUT2D eigenvalue weighted by molar-refractivity contribution is -0.197. The Morgan fingerprint density at radius 2 is 1.50 bits per heavy atom. The smallest absolute Gasteiger partial charge is 0.333 e. The minimum atomic E-state index is -0.761. The average Bonchev–Trinajstić information content (AvgIpc) is 3.54. The Morgan fingerprint density at radius 3 is 2.12 bits per heavy atom. The summed E-state index contributed by atoms with van der Waals surface area (Å²) in [4.78, 5) is 75.4. The van der Waals surface area contributed by atoms with Crippen LogP contribution in [0.3, 0.4) is 0 Å². The number of fused-ring (bicyclic) bond motifs is 1. The van der Waals surface area contributed by atoms with Crippen molar-refractivity contribution in [2.75, 3.05) is 18.8 Å². The number of nitrogens with one attached hydrogen (secondary N) is 4. The highest BCUT2D eigenvalue weighted by Crippen LogP contribution is 2.33. The van der Waals surface area contributed by atoms with E-state index < -0.39 is 23.0 Å². The Morgan fingerprint density at radius 1 is 0.875 bits per heavy atom. The summed E-state index contributed by atoms with van der Waals surface area (Å²) in [5.41, 5.74) is 0. The molecule has 3 saturated heterocycles. The predicted molar refractivity (Wildman–Crippen MR) is 152 cm³/mol. The summed E-state index contributed by atoms with van der Waals surface area (Å²) in [5.74, 6) is -0.832. The first-order valence-electron chi connectivity index (χ1n) is 14.2. The molecule has 0 saturated carbocycles. The third-order valence-corrected chi connectivity index (χ3v) is 9.05.